The first-order valence-corrected chi connectivity index (χ1v) is 7.21. The van der Waals surface area contributed by atoms with Crippen LogP contribution in [0.1, 0.15) is 48.5 Å². The van der Waals surface area contributed by atoms with Crippen LogP contribution in [-0.2, 0) is 14.3 Å². The predicted molar refractivity (Wildman–Crippen MR) is 73.8 cm³/mol. The smallest absolute Gasteiger partial charge is 0.300 e. The van der Waals surface area contributed by atoms with E-state index >= 15 is 0 Å². The summed E-state index contributed by atoms with van der Waals surface area (Å²) in [6.07, 6.45) is 0. The molecule has 0 heterocycles. The van der Waals surface area contributed by atoms with Gasteiger partial charge >= 0.3 is 0 Å². The number of carboxylic acid groups (broad SMARTS) is 1. The lowest BCUT2D eigenvalue weighted by molar-refractivity contribution is -0.134. The Labute approximate surface area is 112 Å². The molecule has 18 heavy (non-hydrogen) atoms. The fraction of sp³-hybridized carbons (Fsp3) is 0.750. The molecular weight excluding hydrogens is 252 g/mol. The molecule has 0 unspecified atom stereocenters. The van der Waals surface area contributed by atoms with Gasteiger partial charge in [0.2, 0.25) is 0 Å². The molecule has 0 aliphatic rings. The summed E-state index contributed by atoms with van der Waals surface area (Å²) in [5.41, 5.74) is 1.08. The molecule has 0 saturated carbocycles. The summed E-state index contributed by atoms with van der Waals surface area (Å²) in [5.74, 6) is -0.390. The van der Waals surface area contributed by atoms with Gasteiger partial charge in [-0.3, -0.25) is 4.79 Å². The quantitative estimate of drug-likeness (QED) is 0.605. The Morgan fingerprint density at radius 3 is 1.50 bits per heavy atom. The number of ether oxygens (including phenoxy) is 2. The Bertz CT molecular complexity index is 251. The Morgan fingerprint density at radius 1 is 1.06 bits per heavy atom. The van der Waals surface area contributed by atoms with Crippen molar-refractivity contribution in [1.29, 1.82) is 0 Å². The van der Waals surface area contributed by atoms with Gasteiger partial charge in [0, 0.05) is 12.6 Å². The monoisotopic (exact) mass is 278 g/mol. The first kappa shape index (κ1) is 19.3. The minimum atomic E-state index is -1.18. The van der Waals surface area contributed by atoms with Gasteiger partial charge < -0.3 is 19.4 Å². The van der Waals surface area contributed by atoms with Crippen LogP contribution >= 0.6 is 0 Å². The second-order valence-electron chi connectivity index (χ2n) is 5.65. The second-order valence-corrected chi connectivity index (χ2v) is 6.43. The third-order valence-electron chi connectivity index (χ3n) is 1.07. The van der Waals surface area contributed by atoms with E-state index in [0.29, 0.717) is 5.95 Å². The number of rotatable bonds is 3. The molecular formula is C12H26O5Si. The lowest BCUT2D eigenvalue weighted by Gasteiger charge is -2.28. The molecule has 0 aromatic heterocycles. The molecule has 0 spiro atoms. The van der Waals surface area contributed by atoms with Crippen LogP contribution < -0.4 is 0 Å². The summed E-state index contributed by atoms with van der Waals surface area (Å²) in [5, 5.41) is 7.42. The number of carboxylic acids is 1. The summed E-state index contributed by atoms with van der Waals surface area (Å²) >= 11 is 0. The van der Waals surface area contributed by atoms with E-state index < -0.39 is 15.7 Å². The Kier molecular flexibility index (Phi) is 8.75. The average molecular weight is 278 g/mol. The Morgan fingerprint density at radius 2 is 1.33 bits per heavy atom. The van der Waals surface area contributed by atoms with Gasteiger partial charge in [-0.25, -0.2) is 0 Å². The van der Waals surface area contributed by atoms with E-state index in [0.717, 1.165) is 6.92 Å². The van der Waals surface area contributed by atoms with Gasteiger partial charge in [0.05, 0.1) is 0 Å². The third-order valence-corrected chi connectivity index (χ3v) is 1.59. The van der Waals surface area contributed by atoms with Crippen LogP contribution in [0.5, 0.6) is 0 Å². The van der Waals surface area contributed by atoms with Gasteiger partial charge in [0.25, 0.3) is 11.9 Å². The molecule has 2 N–H and O–H groups in total. The predicted octanol–water partition coefficient (Wildman–Crippen LogP) is 1.58. The van der Waals surface area contributed by atoms with E-state index in [-0.39, 0.29) is 11.2 Å². The molecule has 0 rings (SSSR count). The van der Waals surface area contributed by atoms with Gasteiger partial charge in [0.15, 0.2) is 9.76 Å². The second kappa shape index (κ2) is 8.15. The maximum absolute atomic E-state index is 9.00. The highest BCUT2D eigenvalue weighted by molar-refractivity contribution is 6.32. The van der Waals surface area contributed by atoms with Gasteiger partial charge in [-0.15, -0.1) is 0 Å². The van der Waals surface area contributed by atoms with Crippen LogP contribution in [0.15, 0.2) is 11.6 Å². The maximum atomic E-state index is 9.00. The van der Waals surface area contributed by atoms with Crippen molar-refractivity contribution in [2.45, 2.75) is 59.7 Å². The maximum Gasteiger partial charge on any atom is 0.300 e. The SMILES string of the molecule is CC(=O)O.CC(C)(C)OC(=C[SiH2]O)OC(C)(C)C. The summed E-state index contributed by atoms with van der Waals surface area (Å²) in [7, 11) is -1.18. The molecule has 5 nitrogen and oxygen atoms in total. The van der Waals surface area contributed by atoms with Crippen LogP contribution in [0.2, 0.25) is 0 Å². The molecule has 0 aliphatic carbocycles. The average Bonchev–Trinajstić information content (AvgIpc) is 1.95. The molecule has 0 atom stereocenters. The number of aliphatic carboxylic acids is 1. The van der Waals surface area contributed by atoms with Crippen LogP contribution in [0.3, 0.4) is 0 Å². The molecule has 0 aromatic carbocycles. The van der Waals surface area contributed by atoms with Crippen molar-refractivity contribution in [1.82, 2.24) is 0 Å². The van der Waals surface area contributed by atoms with Crippen molar-refractivity contribution in [2.24, 2.45) is 0 Å². The first-order chi connectivity index (χ1) is 7.87. The highest BCUT2D eigenvalue weighted by Crippen LogP contribution is 2.19. The molecule has 0 fully saturated rings. The van der Waals surface area contributed by atoms with Crippen LogP contribution in [0.25, 0.3) is 0 Å². The van der Waals surface area contributed by atoms with Crippen molar-refractivity contribution in [2.75, 3.05) is 0 Å². The lowest BCUT2D eigenvalue weighted by atomic mass is 10.2. The van der Waals surface area contributed by atoms with Crippen LogP contribution in [0.4, 0.5) is 0 Å². The number of hydrogen-bond donors (Lipinski definition) is 2. The summed E-state index contributed by atoms with van der Waals surface area (Å²) in [6.45, 7) is 12.8. The molecule has 0 aliphatic heterocycles. The van der Waals surface area contributed by atoms with Crippen LogP contribution in [0, 0.1) is 0 Å². The minimum Gasteiger partial charge on any atom is -0.481 e. The third kappa shape index (κ3) is 20.4. The van der Waals surface area contributed by atoms with Crippen LogP contribution in [-0.4, -0.2) is 36.8 Å². The van der Waals surface area contributed by atoms with E-state index in [9.17, 15) is 0 Å². The molecule has 108 valence electrons. The lowest BCUT2D eigenvalue weighted by Crippen LogP contribution is -2.26. The first-order valence-electron chi connectivity index (χ1n) is 5.76. The molecule has 0 aromatic rings. The topological polar surface area (TPSA) is 76.0 Å². The van der Waals surface area contributed by atoms with Crippen molar-refractivity contribution in [3.05, 3.63) is 11.6 Å². The molecule has 0 bridgehead atoms. The molecule has 6 heteroatoms. The summed E-state index contributed by atoms with van der Waals surface area (Å²) < 4.78 is 11.1. The Hall–Kier alpha value is -1.01. The van der Waals surface area contributed by atoms with E-state index in [4.69, 9.17) is 24.2 Å². The molecule has 0 amide bonds. The van der Waals surface area contributed by atoms with Crippen molar-refractivity contribution < 1.29 is 24.2 Å². The Balaban J connectivity index is 0. The van der Waals surface area contributed by atoms with Gasteiger partial charge in [-0.2, -0.15) is 0 Å². The molecule has 0 saturated heterocycles. The van der Waals surface area contributed by atoms with Gasteiger partial charge in [-0.05, 0) is 41.5 Å². The fourth-order valence-electron chi connectivity index (χ4n) is 0.782. The van der Waals surface area contributed by atoms with Gasteiger partial charge in [0.1, 0.15) is 11.2 Å². The minimum absolute atomic E-state index is 0.291. The van der Waals surface area contributed by atoms with Crippen molar-refractivity contribution in [3.63, 3.8) is 0 Å². The zero-order chi connectivity index (χ0) is 15.0. The zero-order valence-corrected chi connectivity index (χ0v) is 13.8. The summed E-state index contributed by atoms with van der Waals surface area (Å²) in [4.78, 5) is 17.9. The van der Waals surface area contributed by atoms with E-state index in [2.05, 4.69) is 0 Å². The standard InChI is InChI=1S/C10H22O3Si.C2H4O2/c1-9(2,3)12-8(7-14-11)13-10(4,5)6;1-2(3)4/h7,11H,14H2,1-6H3;1H3,(H,3,4). The van der Waals surface area contributed by atoms with Crippen molar-refractivity contribution >= 4 is 15.7 Å². The van der Waals surface area contributed by atoms with Gasteiger partial charge in [-0.1, -0.05) is 0 Å². The van der Waals surface area contributed by atoms with Crippen molar-refractivity contribution in [3.8, 4) is 0 Å². The highest BCUT2D eigenvalue weighted by Gasteiger charge is 2.19. The number of hydrogen-bond acceptors (Lipinski definition) is 4. The van der Waals surface area contributed by atoms with E-state index in [1.54, 1.807) is 5.70 Å². The largest absolute Gasteiger partial charge is 0.481 e. The van der Waals surface area contributed by atoms with E-state index in [1.807, 2.05) is 41.5 Å². The number of carbonyl (C=O) groups is 1. The zero-order valence-electron chi connectivity index (χ0n) is 12.4. The summed E-state index contributed by atoms with van der Waals surface area (Å²) in [6, 6.07) is 0. The highest BCUT2D eigenvalue weighted by atomic mass is 28.2. The fourth-order valence-corrected chi connectivity index (χ4v) is 1.10. The van der Waals surface area contributed by atoms with E-state index in [1.165, 1.54) is 0 Å². The normalized spacial score (nSPS) is 11.6. The molecule has 0 radical (unpaired) electrons.